The zero-order valence-corrected chi connectivity index (χ0v) is 14.7. The van der Waals surface area contributed by atoms with Gasteiger partial charge in [0.25, 0.3) is 0 Å². The lowest BCUT2D eigenvalue weighted by molar-refractivity contribution is -0.169. The van der Waals surface area contributed by atoms with Crippen LogP contribution in [0.25, 0.3) is 0 Å². The Morgan fingerprint density at radius 2 is 1.76 bits per heavy atom. The Morgan fingerprint density at radius 3 is 2.28 bits per heavy atom. The van der Waals surface area contributed by atoms with Crippen molar-refractivity contribution in [3.63, 3.8) is 0 Å². The van der Waals surface area contributed by atoms with Crippen LogP contribution in [0.4, 0.5) is 4.79 Å². The molecule has 0 aliphatic rings. The monoisotopic (exact) mass is 358 g/mol. The average molecular weight is 358 g/mol. The number of hydrogen-bond acceptors (Lipinski definition) is 8. The molecule has 0 aromatic rings. The Morgan fingerprint density at radius 1 is 1.12 bits per heavy atom. The Balaban J connectivity index is 4.68. The van der Waals surface area contributed by atoms with Crippen LogP contribution < -0.4 is 5.32 Å². The van der Waals surface area contributed by atoms with Crippen molar-refractivity contribution >= 4 is 30.0 Å². The molecule has 0 saturated carbocycles. The summed E-state index contributed by atoms with van der Waals surface area (Å²) in [7, 11) is 0. The van der Waals surface area contributed by atoms with Crippen LogP contribution in [0.5, 0.6) is 0 Å². The summed E-state index contributed by atoms with van der Waals surface area (Å²) in [5.74, 6) is -2.13. The van der Waals surface area contributed by atoms with Gasteiger partial charge in [0.05, 0.1) is 22.8 Å². The molecule has 0 spiro atoms. The van der Waals surface area contributed by atoms with Gasteiger partial charge in [-0.2, -0.15) is 0 Å². The molecule has 1 unspecified atom stereocenters. The van der Waals surface area contributed by atoms with Gasteiger partial charge in [-0.3, -0.25) is 9.59 Å². The molecule has 2 atom stereocenters. The topological polar surface area (TPSA) is 146 Å². The fourth-order valence-corrected chi connectivity index (χ4v) is 1.57. The van der Waals surface area contributed by atoms with Gasteiger partial charge >= 0.3 is 24.2 Å². The lowest BCUT2D eigenvalue weighted by Gasteiger charge is -2.19. The maximum absolute atomic E-state index is 11.8. The largest absolute Gasteiger partial charge is 0.464 e. The van der Waals surface area contributed by atoms with Gasteiger partial charge in [0.1, 0.15) is 6.04 Å². The van der Waals surface area contributed by atoms with Crippen molar-refractivity contribution in [1.82, 2.24) is 5.32 Å². The number of Topliss-reactive ketones (excluding diaryl/α,β-unsaturated/α-hetero) is 1. The van der Waals surface area contributed by atoms with Crippen molar-refractivity contribution in [2.24, 2.45) is 5.92 Å². The predicted molar refractivity (Wildman–Crippen MR) is 83.7 cm³/mol. The third-order valence-electron chi connectivity index (χ3n) is 2.78. The molecular formula is C15H24N3O7+. The van der Waals surface area contributed by atoms with Gasteiger partial charge in [0.15, 0.2) is 0 Å². The van der Waals surface area contributed by atoms with E-state index in [2.05, 4.69) is 10.1 Å². The quantitative estimate of drug-likeness (QED) is 0.193. The number of ketones is 1. The highest BCUT2D eigenvalue weighted by atomic mass is 16.7. The minimum atomic E-state index is -1.14. The number of alkyl carbamates (subject to hydrolysis) is 1. The number of carbonyl (C=O) groups is 4. The van der Waals surface area contributed by atoms with Crippen molar-refractivity contribution < 1.29 is 38.2 Å². The van der Waals surface area contributed by atoms with Crippen LogP contribution >= 0.6 is 0 Å². The van der Waals surface area contributed by atoms with E-state index in [1.54, 1.807) is 20.8 Å². The number of nitrogens with zero attached hydrogens (tertiary/aromatic N) is 1. The highest BCUT2D eigenvalue weighted by Gasteiger charge is 2.25. The molecule has 0 rings (SSSR count). The van der Waals surface area contributed by atoms with Crippen LogP contribution in [0.2, 0.25) is 0 Å². The predicted octanol–water partition coefficient (Wildman–Crippen LogP) is 0.849. The molecule has 0 aromatic carbocycles. The van der Waals surface area contributed by atoms with E-state index in [1.807, 2.05) is 0 Å². The summed E-state index contributed by atoms with van der Waals surface area (Å²) in [4.78, 5) is 49.3. The summed E-state index contributed by atoms with van der Waals surface area (Å²) >= 11 is 0. The summed E-state index contributed by atoms with van der Waals surface area (Å²) in [6.45, 7) is 6.30. The van der Waals surface area contributed by atoms with Gasteiger partial charge in [-0.25, -0.2) is 9.59 Å². The fourth-order valence-electron chi connectivity index (χ4n) is 1.57. The number of nitrogens with one attached hydrogen (secondary N) is 2. The Hall–Kier alpha value is -2.74. The van der Waals surface area contributed by atoms with E-state index in [1.165, 1.54) is 6.92 Å². The number of amides is 1. The third kappa shape index (κ3) is 9.87. The molecule has 0 radical (unpaired) electrons. The summed E-state index contributed by atoms with van der Waals surface area (Å²) in [5, 5.41) is 2.26. The summed E-state index contributed by atoms with van der Waals surface area (Å²) in [6.07, 6.45) is -1.52. The van der Waals surface area contributed by atoms with Gasteiger partial charge in [0, 0.05) is 13.3 Å². The van der Waals surface area contributed by atoms with Crippen molar-refractivity contribution in [3.8, 4) is 0 Å². The summed E-state index contributed by atoms with van der Waals surface area (Å²) in [6, 6.07) is -1.12. The number of ether oxygens (including phenoxy) is 3. The lowest BCUT2D eigenvalue weighted by atomic mass is 10.1. The molecule has 0 aliphatic heterocycles. The molecule has 0 saturated heterocycles. The number of carbonyl (C=O) groups excluding carboxylic acids is 4. The molecule has 0 aromatic heterocycles. The smallest absolute Gasteiger partial charge is 0.410 e. The first kappa shape index (κ1) is 22.3. The summed E-state index contributed by atoms with van der Waals surface area (Å²) < 4.78 is 14.5. The van der Waals surface area contributed by atoms with E-state index >= 15 is 0 Å². The first-order chi connectivity index (χ1) is 11.7. The molecule has 1 amide bonds. The van der Waals surface area contributed by atoms with E-state index in [0.29, 0.717) is 0 Å². The number of hydrogen-bond donors (Lipinski definition) is 2. The van der Waals surface area contributed by atoms with E-state index in [4.69, 9.17) is 19.7 Å². The van der Waals surface area contributed by atoms with Crippen LogP contribution in [0, 0.1) is 11.4 Å². The van der Waals surface area contributed by atoms with Gasteiger partial charge in [-0.1, -0.05) is 13.8 Å². The molecule has 0 heterocycles. The van der Waals surface area contributed by atoms with Crippen molar-refractivity contribution in [2.75, 3.05) is 6.61 Å². The van der Waals surface area contributed by atoms with Crippen LogP contribution in [0.15, 0.2) is 0 Å². The van der Waals surface area contributed by atoms with Crippen LogP contribution in [0.3, 0.4) is 0 Å². The van der Waals surface area contributed by atoms with Crippen LogP contribution in [-0.2, 0) is 28.6 Å². The fraction of sp³-hybridized carbons (Fsp3) is 0.667. The highest BCUT2D eigenvalue weighted by Crippen LogP contribution is 2.05. The molecule has 10 nitrogen and oxygen atoms in total. The number of esters is 2. The van der Waals surface area contributed by atoms with Gasteiger partial charge in [0.2, 0.25) is 12.1 Å². The normalized spacial score (nSPS) is 12.4. The van der Waals surface area contributed by atoms with Crippen molar-refractivity contribution in [2.45, 2.75) is 52.9 Å². The molecule has 0 fully saturated rings. The molecular weight excluding hydrogens is 334 g/mol. The van der Waals surface area contributed by atoms with Crippen LogP contribution in [0.1, 0.15) is 40.5 Å². The maximum atomic E-state index is 11.8. The van der Waals surface area contributed by atoms with Gasteiger partial charge < -0.3 is 19.5 Å². The molecule has 0 aliphatic carbocycles. The lowest BCUT2D eigenvalue weighted by Crippen LogP contribution is -2.43. The zero-order valence-electron chi connectivity index (χ0n) is 14.7. The number of rotatable bonds is 10. The molecule has 10 heteroatoms. The molecule has 0 bridgehead atoms. The van der Waals surface area contributed by atoms with Crippen molar-refractivity contribution in [3.05, 3.63) is 0 Å². The Labute approximate surface area is 145 Å². The van der Waals surface area contributed by atoms with Gasteiger partial charge in [-0.05, 0) is 13.3 Å². The molecule has 140 valence electrons. The van der Waals surface area contributed by atoms with E-state index in [9.17, 15) is 19.2 Å². The van der Waals surface area contributed by atoms with Crippen LogP contribution in [-0.4, -0.2) is 53.8 Å². The molecule has 2 N–H and O–H groups in total. The molecule has 25 heavy (non-hydrogen) atoms. The van der Waals surface area contributed by atoms with Gasteiger partial charge in [-0.15, -0.1) is 0 Å². The second-order valence-electron chi connectivity index (χ2n) is 5.28. The third-order valence-corrected chi connectivity index (χ3v) is 2.78. The highest BCUT2D eigenvalue weighted by molar-refractivity contribution is 6.25. The first-order valence-corrected chi connectivity index (χ1v) is 7.78. The SMILES string of the molecule is CCOC(=O)[C@H](CCC(=O)C=[N+]=N)NC(=O)OC(C)OC(=O)C(C)C. The van der Waals surface area contributed by atoms with E-state index < -0.39 is 36.1 Å². The maximum Gasteiger partial charge on any atom is 0.410 e. The van der Waals surface area contributed by atoms with Crippen molar-refractivity contribution in [1.29, 1.82) is 5.53 Å². The second kappa shape index (κ2) is 11.7. The van der Waals surface area contributed by atoms with E-state index in [0.717, 1.165) is 6.21 Å². The Kier molecular flexibility index (Phi) is 10.5. The summed E-state index contributed by atoms with van der Waals surface area (Å²) in [5.41, 5.74) is 6.57. The second-order valence-corrected chi connectivity index (χ2v) is 5.28. The standard InChI is InChI=1S/C15H23N3O7/c1-5-23-14(21)12(7-6-11(19)8-17-16)18-15(22)25-10(4)24-13(20)9(2)3/h8-10,12,16H,5-7H2,1-4H3/p+1/t10?,12-/m0/s1. The minimum absolute atomic E-state index is 0.0566. The Bertz CT molecular complexity index is 541. The minimum Gasteiger partial charge on any atom is -0.464 e. The first-order valence-electron chi connectivity index (χ1n) is 7.78. The average Bonchev–Trinajstić information content (AvgIpc) is 2.51. The zero-order chi connectivity index (χ0) is 19.4. The van der Waals surface area contributed by atoms with E-state index in [-0.39, 0.29) is 25.4 Å².